The Hall–Kier alpha value is -1.60. The van der Waals surface area contributed by atoms with E-state index in [-0.39, 0.29) is 17.8 Å². The number of carbonyl (C=O) groups excluding carboxylic acids is 1. The molecule has 1 aromatic carbocycles. The van der Waals surface area contributed by atoms with E-state index < -0.39 is 10.0 Å². The van der Waals surface area contributed by atoms with Gasteiger partial charge in [-0.1, -0.05) is 0 Å². The third kappa shape index (κ3) is 4.18. The molecular formula is C14H20N2O4S. The lowest BCUT2D eigenvalue weighted by atomic mass is 10.1. The summed E-state index contributed by atoms with van der Waals surface area (Å²) in [4.78, 5) is 14.1. The highest BCUT2D eigenvalue weighted by Crippen LogP contribution is 2.15. The lowest BCUT2D eigenvalue weighted by Crippen LogP contribution is -2.44. The van der Waals surface area contributed by atoms with Gasteiger partial charge in [0, 0.05) is 24.3 Å². The largest absolute Gasteiger partial charge is 0.375 e. The summed E-state index contributed by atoms with van der Waals surface area (Å²) in [6.45, 7) is 5.19. The second-order valence-electron chi connectivity index (χ2n) is 5.02. The lowest BCUT2D eigenvalue weighted by molar-refractivity contribution is -0.0124. The number of hydrogen-bond acceptors (Lipinski definition) is 4. The molecule has 1 aliphatic heterocycles. The molecule has 21 heavy (non-hydrogen) atoms. The highest BCUT2D eigenvalue weighted by molar-refractivity contribution is 7.92. The molecule has 1 aliphatic rings. The monoisotopic (exact) mass is 312 g/mol. The number of hydrogen-bond donors (Lipinski definition) is 1. The summed E-state index contributed by atoms with van der Waals surface area (Å²) in [7, 11) is -3.30. The zero-order chi connectivity index (χ0) is 15.5. The van der Waals surface area contributed by atoms with E-state index in [1.54, 1.807) is 36.1 Å². The Bertz CT molecular complexity index is 598. The first-order chi connectivity index (χ1) is 9.91. The molecule has 1 atom stereocenters. The van der Waals surface area contributed by atoms with Crippen molar-refractivity contribution in [1.82, 2.24) is 4.90 Å². The molecule has 1 unspecified atom stereocenters. The van der Waals surface area contributed by atoms with Gasteiger partial charge >= 0.3 is 0 Å². The minimum Gasteiger partial charge on any atom is -0.375 e. The lowest BCUT2D eigenvalue weighted by Gasteiger charge is -2.31. The number of amides is 1. The number of anilines is 1. The molecule has 7 heteroatoms. The van der Waals surface area contributed by atoms with Gasteiger partial charge in [-0.2, -0.15) is 0 Å². The maximum absolute atomic E-state index is 12.3. The summed E-state index contributed by atoms with van der Waals surface area (Å²) in [5.41, 5.74) is 1.01. The zero-order valence-electron chi connectivity index (χ0n) is 12.2. The Balaban J connectivity index is 2.06. The first-order valence-electron chi connectivity index (χ1n) is 6.92. The molecule has 0 radical (unpaired) electrons. The van der Waals surface area contributed by atoms with Crippen molar-refractivity contribution in [3.63, 3.8) is 0 Å². The van der Waals surface area contributed by atoms with E-state index in [9.17, 15) is 13.2 Å². The summed E-state index contributed by atoms with van der Waals surface area (Å²) in [6, 6.07) is 6.47. The quantitative estimate of drug-likeness (QED) is 0.909. The fourth-order valence-electron chi connectivity index (χ4n) is 2.12. The number of nitrogens with one attached hydrogen (secondary N) is 1. The fraction of sp³-hybridized carbons (Fsp3) is 0.500. The average molecular weight is 312 g/mol. The second-order valence-corrected chi connectivity index (χ2v) is 7.03. The molecule has 0 bridgehead atoms. The van der Waals surface area contributed by atoms with Crippen LogP contribution in [-0.4, -0.2) is 50.8 Å². The van der Waals surface area contributed by atoms with Gasteiger partial charge in [0.1, 0.15) is 0 Å². The average Bonchev–Trinajstić information content (AvgIpc) is 2.47. The normalized spacial score (nSPS) is 19.3. The number of nitrogens with zero attached hydrogens (tertiary/aromatic N) is 1. The molecule has 0 aliphatic carbocycles. The SMILES string of the molecule is CCS(=O)(=O)Nc1ccc(C(=O)N2CCOC(C)C2)cc1. The molecule has 0 saturated carbocycles. The van der Waals surface area contributed by atoms with E-state index in [1.807, 2.05) is 6.92 Å². The Morgan fingerprint density at radius 2 is 2.05 bits per heavy atom. The van der Waals surface area contributed by atoms with E-state index in [4.69, 9.17) is 4.74 Å². The molecule has 116 valence electrons. The van der Waals surface area contributed by atoms with Gasteiger partial charge in [-0.05, 0) is 38.1 Å². The van der Waals surface area contributed by atoms with Crippen LogP contribution in [0.3, 0.4) is 0 Å². The van der Waals surface area contributed by atoms with Gasteiger partial charge in [0.05, 0.1) is 18.5 Å². The standard InChI is InChI=1S/C14H20N2O4S/c1-3-21(18,19)15-13-6-4-12(5-7-13)14(17)16-8-9-20-11(2)10-16/h4-7,11,15H,3,8-10H2,1-2H3. The van der Waals surface area contributed by atoms with Crippen LogP contribution in [0.15, 0.2) is 24.3 Å². The van der Waals surface area contributed by atoms with Crippen LogP contribution in [-0.2, 0) is 14.8 Å². The van der Waals surface area contributed by atoms with Crippen molar-refractivity contribution >= 4 is 21.6 Å². The molecule has 2 rings (SSSR count). The van der Waals surface area contributed by atoms with Crippen LogP contribution in [0.4, 0.5) is 5.69 Å². The summed E-state index contributed by atoms with van der Waals surface area (Å²) >= 11 is 0. The molecular weight excluding hydrogens is 292 g/mol. The Labute approximate surface area is 125 Å². The summed E-state index contributed by atoms with van der Waals surface area (Å²) in [6.07, 6.45) is 0.0401. The summed E-state index contributed by atoms with van der Waals surface area (Å²) in [5, 5.41) is 0. The number of morpholine rings is 1. The maximum Gasteiger partial charge on any atom is 0.254 e. The van der Waals surface area contributed by atoms with E-state index in [2.05, 4.69) is 4.72 Å². The van der Waals surface area contributed by atoms with Gasteiger partial charge in [-0.25, -0.2) is 8.42 Å². The predicted molar refractivity (Wildman–Crippen MR) is 80.8 cm³/mol. The third-order valence-corrected chi connectivity index (χ3v) is 4.62. The van der Waals surface area contributed by atoms with Gasteiger partial charge in [0.2, 0.25) is 10.0 Å². The van der Waals surface area contributed by atoms with E-state index in [1.165, 1.54) is 0 Å². The molecule has 1 amide bonds. The number of benzene rings is 1. The minimum absolute atomic E-state index is 0.0132. The van der Waals surface area contributed by atoms with Crippen LogP contribution in [0.1, 0.15) is 24.2 Å². The second kappa shape index (κ2) is 6.44. The molecule has 1 fully saturated rings. The topological polar surface area (TPSA) is 75.7 Å². The number of sulfonamides is 1. The maximum atomic E-state index is 12.3. The molecule has 1 N–H and O–H groups in total. The smallest absolute Gasteiger partial charge is 0.254 e. The van der Waals surface area contributed by atoms with Crippen molar-refractivity contribution in [1.29, 1.82) is 0 Å². The van der Waals surface area contributed by atoms with Crippen LogP contribution in [0, 0.1) is 0 Å². The Morgan fingerprint density at radius 3 is 2.62 bits per heavy atom. The Kier molecular flexibility index (Phi) is 4.84. The van der Waals surface area contributed by atoms with Gasteiger partial charge in [0.25, 0.3) is 5.91 Å². The van der Waals surface area contributed by atoms with Crippen molar-refractivity contribution in [3.05, 3.63) is 29.8 Å². The fourth-order valence-corrected chi connectivity index (χ4v) is 2.76. The molecule has 6 nitrogen and oxygen atoms in total. The van der Waals surface area contributed by atoms with Crippen molar-refractivity contribution < 1.29 is 17.9 Å². The van der Waals surface area contributed by atoms with Crippen LogP contribution in [0.5, 0.6) is 0 Å². The van der Waals surface area contributed by atoms with Gasteiger partial charge in [-0.15, -0.1) is 0 Å². The molecule has 0 spiro atoms. The summed E-state index contributed by atoms with van der Waals surface area (Å²) < 4.78 is 30.8. The minimum atomic E-state index is -3.30. The summed E-state index contributed by atoms with van der Waals surface area (Å²) in [5.74, 6) is -0.0469. The van der Waals surface area contributed by atoms with Crippen molar-refractivity contribution in [2.24, 2.45) is 0 Å². The number of rotatable bonds is 4. The van der Waals surface area contributed by atoms with E-state index >= 15 is 0 Å². The number of carbonyl (C=O) groups is 1. The van der Waals surface area contributed by atoms with Gasteiger partial charge < -0.3 is 9.64 Å². The van der Waals surface area contributed by atoms with E-state index in [0.29, 0.717) is 30.9 Å². The molecule has 0 aromatic heterocycles. The number of ether oxygens (including phenoxy) is 1. The first kappa shape index (κ1) is 15.8. The van der Waals surface area contributed by atoms with Gasteiger partial charge in [0.15, 0.2) is 0 Å². The van der Waals surface area contributed by atoms with Crippen LogP contribution < -0.4 is 4.72 Å². The first-order valence-corrected chi connectivity index (χ1v) is 8.58. The van der Waals surface area contributed by atoms with Crippen LogP contribution in [0.2, 0.25) is 0 Å². The predicted octanol–water partition coefficient (Wildman–Crippen LogP) is 1.31. The Morgan fingerprint density at radius 1 is 1.38 bits per heavy atom. The third-order valence-electron chi connectivity index (χ3n) is 3.31. The highest BCUT2D eigenvalue weighted by Gasteiger charge is 2.22. The van der Waals surface area contributed by atoms with Crippen molar-refractivity contribution in [2.75, 3.05) is 30.2 Å². The highest BCUT2D eigenvalue weighted by atomic mass is 32.2. The van der Waals surface area contributed by atoms with Crippen molar-refractivity contribution in [2.45, 2.75) is 20.0 Å². The van der Waals surface area contributed by atoms with E-state index in [0.717, 1.165) is 0 Å². The van der Waals surface area contributed by atoms with Crippen molar-refractivity contribution in [3.8, 4) is 0 Å². The molecule has 1 saturated heterocycles. The van der Waals surface area contributed by atoms with Crippen LogP contribution >= 0.6 is 0 Å². The van der Waals surface area contributed by atoms with Crippen LogP contribution in [0.25, 0.3) is 0 Å². The molecule has 1 heterocycles. The zero-order valence-corrected chi connectivity index (χ0v) is 13.0. The molecule has 1 aromatic rings. The van der Waals surface area contributed by atoms with Gasteiger partial charge in [-0.3, -0.25) is 9.52 Å².